The third kappa shape index (κ3) is 3.93. The fourth-order valence-electron chi connectivity index (χ4n) is 2.17. The second-order valence-corrected chi connectivity index (χ2v) is 4.96. The Kier molecular flexibility index (Phi) is 5.69. The average molecular weight is 313 g/mol. The topological polar surface area (TPSA) is 128 Å². The van der Waals surface area contributed by atoms with Crippen LogP contribution in [0.3, 0.4) is 0 Å². The van der Waals surface area contributed by atoms with Crippen LogP contribution in [0.1, 0.15) is 5.56 Å². The fraction of sp³-hybridized carbons (Fsp3) is 0.500. The number of hydrogen-bond acceptors (Lipinski definition) is 7. The van der Waals surface area contributed by atoms with Gasteiger partial charge in [0.15, 0.2) is 6.29 Å². The van der Waals surface area contributed by atoms with E-state index in [2.05, 4.69) is 5.32 Å². The van der Waals surface area contributed by atoms with Gasteiger partial charge in [0.1, 0.15) is 24.9 Å². The Labute approximate surface area is 126 Å². The maximum atomic E-state index is 11.7. The number of carbonyl (C=O) groups is 1. The van der Waals surface area contributed by atoms with Crippen LogP contribution < -0.4 is 5.32 Å². The van der Waals surface area contributed by atoms with Crippen LogP contribution in [0.4, 0.5) is 4.79 Å². The maximum absolute atomic E-state index is 11.7. The normalized spacial score (nSPS) is 31.5. The van der Waals surface area contributed by atoms with Gasteiger partial charge in [-0.2, -0.15) is 0 Å². The van der Waals surface area contributed by atoms with E-state index in [4.69, 9.17) is 14.6 Å². The van der Waals surface area contributed by atoms with E-state index in [1.807, 2.05) is 6.07 Å². The lowest BCUT2D eigenvalue weighted by Gasteiger charge is -2.40. The minimum absolute atomic E-state index is 0.0219. The highest BCUT2D eigenvalue weighted by Crippen LogP contribution is 2.19. The number of hydrogen-bond donors (Lipinski definition) is 5. The molecule has 1 aliphatic heterocycles. The summed E-state index contributed by atoms with van der Waals surface area (Å²) in [5, 5.41) is 40.5. The Morgan fingerprint density at radius 1 is 1.18 bits per heavy atom. The number of alkyl carbamates (subject to hydrolysis) is 1. The summed E-state index contributed by atoms with van der Waals surface area (Å²) in [6.07, 6.45) is -6.52. The average Bonchev–Trinajstić information content (AvgIpc) is 2.54. The van der Waals surface area contributed by atoms with Gasteiger partial charge < -0.3 is 35.2 Å². The Balaban J connectivity index is 1.91. The van der Waals surface area contributed by atoms with Crippen LogP contribution in [0.5, 0.6) is 0 Å². The molecule has 1 aromatic rings. The van der Waals surface area contributed by atoms with Gasteiger partial charge in [0.25, 0.3) is 0 Å². The van der Waals surface area contributed by atoms with Crippen LogP contribution in [0, 0.1) is 0 Å². The lowest BCUT2D eigenvalue weighted by atomic mass is 9.96. The highest BCUT2D eigenvalue weighted by Gasteiger charge is 2.44. The molecule has 0 radical (unpaired) electrons. The van der Waals surface area contributed by atoms with E-state index in [0.717, 1.165) is 5.56 Å². The Morgan fingerprint density at radius 3 is 2.50 bits per heavy atom. The molecule has 0 saturated carbocycles. The van der Waals surface area contributed by atoms with Crippen LogP contribution >= 0.6 is 0 Å². The molecule has 8 nitrogen and oxygen atoms in total. The van der Waals surface area contributed by atoms with Gasteiger partial charge in [0.2, 0.25) is 0 Å². The molecular weight excluding hydrogens is 294 g/mol. The molecule has 5 N–H and O–H groups in total. The number of amides is 1. The standard InChI is InChI=1S/C14H19NO7/c16-6-9-11(17)10(12(18)13(19)22-9)15-14(20)21-7-8-4-2-1-3-5-8/h1-5,9-13,16-19H,6-7H2,(H,15,20)/t9-,10+,11+,12-,13-/m0/s1. The minimum atomic E-state index is -1.63. The molecule has 0 aliphatic carbocycles. The summed E-state index contributed by atoms with van der Waals surface area (Å²) >= 11 is 0. The van der Waals surface area contributed by atoms with Crippen molar-refractivity contribution < 1.29 is 34.7 Å². The number of rotatable bonds is 4. The highest BCUT2D eigenvalue weighted by molar-refractivity contribution is 5.67. The molecule has 122 valence electrons. The van der Waals surface area contributed by atoms with Crippen molar-refractivity contribution in [1.29, 1.82) is 0 Å². The lowest BCUT2D eigenvalue weighted by molar-refractivity contribution is -0.261. The lowest BCUT2D eigenvalue weighted by Crippen LogP contribution is -2.64. The predicted molar refractivity (Wildman–Crippen MR) is 73.5 cm³/mol. The SMILES string of the molecule is O=C(N[C@@H]1[C@H](O)[C@H](CO)O[C@H](O)[C@H]1O)OCc1ccccc1. The summed E-state index contributed by atoms with van der Waals surface area (Å²) in [6, 6.07) is 7.75. The zero-order valence-electron chi connectivity index (χ0n) is 11.7. The zero-order valence-corrected chi connectivity index (χ0v) is 11.7. The summed E-state index contributed by atoms with van der Waals surface area (Å²) in [4.78, 5) is 11.7. The molecular formula is C14H19NO7. The molecule has 22 heavy (non-hydrogen) atoms. The van der Waals surface area contributed by atoms with Crippen molar-refractivity contribution in [1.82, 2.24) is 5.32 Å². The van der Waals surface area contributed by atoms with Crippen molar-refractivity contribution in [2.24, 2.45) is 0 Å². The van der Waals surface area contributed by atoms with E-state index in [-0.39, 0.29) is 6.61 Å². The molecule has 1 heterocycles. The first-order valence-corrected chi connectivity index (χ1v) is 6.80. The fourth-order valence-corrected chi connectivity index (χ4v) is 2.17. The van der Waals surface area contributed by atoms with Gasteiger partial charge in [-0.15, -0.1) is 0 Å². The number of benzene rings is 1. The molecule has 2 rings (SSSR count). The third-order valence-electron chi connectivity index (χ3n) is 3.40. The molecule has 5 atom stereocenters. The molecule has 0 spiro atoms. The summed E-state index contributed by atoms with van der Waals surface area (Å²) in [6.45, 7) is -0.545. The number of nitrogens with one attached hydrogen (secondary N) is 1. The van der Waals surface area contributed by atoms with E-state index in [1.54, 1.807) is 24.3 Å². The van der Waals surface area contributed by atoms with Gasteiger partial charge >= 0.3 is 6.09 Å². The summed E-state index contributed by atoms with van der Waals surface area (Å²) in [7, 11) is 0. The van der Waals surface area contributed by atoms with Crippen molar-refractivity contribution in [2.45, 2.75) is 37.3 Å². The van der Waals surface area contributed by atoms with Gasteiger partial charge in [0.05, 0.1) is 12.6 Å². The summed E-state index contributed by atoms with van der Waals surface area (Å²) in [5.74, 6) is 0. The highest BCUT2D eigenvalue weighted by atomic mass is 16.6. The second kappa shape index (κ2) is 7.52. The molecule has 1 amide bonds. The Morgan fingerprint density at radius 2 is 1.86 bits per heavy atom. The Hall–Kier alpha value is -1.71. The first-order chi connectivity index (χ1) is 10.5. The zero-order chi connectivity index (χ0) is 16.1. The van der Waals surface area contributed by atoms with E-state index in [0.29, 0.717) is 0 Å². The van der Waals surface area contributed by atoms with Gasteiger partial charge in [-0.05, 0) is 5.56 Å². The van der Waals surface area contributed by atoms with E-state index in [1.165, 1.54) is 0 Å². The monoisotopic (exact) mass is 313 g/mol. The first kappa shape index (κ1) is 16.7. The molecule has 1 aromatic carbocycles. The van der Waals surface area contributed by atoms with Crippen molar-refractivity contribution >= 4 is 6.09 Å². The predicted octanol–water partition coefficient (Wildman–Crippen LogP) is -1.29. The van der Waals surface area contributed by atoms with Crippen LogP contribution in [0.25, 0.3) is 0 Å². The molecule has 1 aliphatic rings. The number of carbonyl (C=O) groups excluding carboxylic acids is 1. The largest absolute Gasteiger partial charge is 0.445 e. The smallest absolute Gasteiger partial charge is 0.407 e. The first-order valence-electron chi connectivity index (χ1n) is 6.80. The van der Waals surface area contributed by atoms with Gasteiger partial charge in [-0.3, -0.25) is 0 Å². The van der Waals surface area contributed by atoms with E-state index < -0.39 is 43.3 Å². The maximum Gasteiger partial charge on any atom is 0.407 e. The molecule has 0 aromatic heterocycles. The number of aliphatic hydroxyl groups excluding tert-OH is 4. The third-order valence-corrected chi connectivity index (χ3v) is 3.40. The van der Waals surface area contributed by atoms with Crippen molar-refractivity contribution in [3.63, 3.8) is 0 Å². The molecule has 0 bridgehead atoms. The van der Waals surface area contributed by atoms with E-state index >= 15 is 0 Å². The Bertz CT molecular complexity index is 483. The van der Waals surface area contributed by atoms with Crippen LogP contribution in [0.2, 0.25) is 0 Å². The van der Waals surface area contributed by atoms with Crippen LogP contribution in [-0.4, -0.2) is 63.8 Å². The summed E-state index contributed by atoms with van der Waals surface area (Å²) in [5.41, 5.74) is 0.777. The van der Waals surface area contributed by atoms with Crippen molar-refractivity contribution in [3.05, 3.63) is 35.9 Å². The molecule has 8 heteroatoms. The van der Waals surface area contributed by atoms with E-state index in [9.17, 15) is 20.1 Å². The van der Waals surface area contributed by atoms with Crippen molar-refractivity contribution in [3.8, 4) is 0 Å². The van der Waals surface area contributed by atoms with Crippen LogP contribution in [0.15, 0.2) is 30.3 Å². The van der Waals surface area contributed by atoms with Gasteiger partial charge in [-0.25, -0.2) is 4.79 Å². The second-order valence-electron chi connectivity index (χ2n) is 4.96. The minimum Gasteiger partial charge on any atom is -0.445 e. The van der Waals surface area contributed by atoms with Crippen LogP contribution in [-0.2, 0) is 16.1 Å². The van der Waals surface area contributed by atoms with Gasteiger partial charge in [-0.1, -0.05) is 30.3 Å². The molecule has 1 saturated heterocycles. The number of ether oxygens (including phenoxy) is 2. The molecule has 0 unspecified atom stereocenters. The number of aliphatic hydroxyl groups is 4. The molecule has 1 fully saturated rings. The van der Waals surface area contributed by atoms with Crippen molar-refractivity contribution in [2.75, 3.05) is 6.61 Å². The summed E-state index contributed by atoms with van der Waals surface area (Å²) < 4.78 is 9.79. The quantitative estimate of drug-likeness (QED) is 0.468. The van der Waals surface area contributed by atoms with Gasteiger partial charge in [0, 0.05) is 0 Å².